The van der Waals surface area contributed by atoms with Gasteiger partial charge in [-0.05, 0) is 24.8 Å². The largest absolute Gasteiger partial charge is 0.354 e. The lowest BCUT2D eigenvalue weighted by molar-refractivity contribution is -0.122. The Labute approximate surface area is 122 Å². The second-order valence-electron chi connectivity index (χ2n) is 5.72. The zero-order valence-corrected chi connectivity index (χ0v) is 12.7. The molecule has 1 rings (SSSR count). The van der Waals surface area contributed by atoms with Crippen LogP contribution in [0, 0.1) is 5.92 Å². The van der Waals surface area contributed by atoms with Gasteiger partial charge in [-0.3, -0.25) is 4.79 Å². The normalized spacial score (nSPS) is 14.1. The van der Waals surface area contributed by atoms with E-state index in [1.54, 1.807) is 0 Å². The maximum atomic E-state index is 11.8. The molecule has 0 fully saturated rings. The van der Waals surface area contributed by atoms with Crippen molar-refractivity contribution in [2.24, 2.45) is 11.7 Å². The molecule has 0 bridgehead atoms. The predicted octanol–water partition coefficient (Wildman–Crippen LogP) is 1.31. The molecule has 0 aromatic heterocycles. The van der Waals surface area contributed by atoms with E-state index in [-0.39, 0.29) is 18.0 Å². The Balaban J connectivity index is 2.26. The highest BCUT2D eigenvalue weighted by atomic mass is 16.2. The summed E-state index contributed by atoms with van der Waals surface area (Å²) in [7, 11) is 0. The molecule has 4 N–H and O–H groups in total. The van der Waals surface area contributed by atoms with E-state index in [0.717, 1.165) is 6.42 Å². The third-order valence-electron chi connectivity index (χ3n) is 3.10. The molecule has 0 radical (unpaired) electrons. The first kappa shape index (κ1) is 16.7. The van der Waals surface area contributed by atoms with Crippen molar-refractivity contribution < 1.29 is 4.79 Å². The number of amides is 1. The van der Waals surface area contributed by atoms with E-state index in [1.807, 2.05) is 25.1 Å². The molecule has 0 spiro atoms. The van der Waals surface area contributed by atoms with Gasteiger partial charge in [0.05, 0.1) is 6.04 Å². The molecule has 4 heteroatoms. The highest BCUT2D eigenvalue weighted by molar-refractivity contribution is 5.81. The Bertz CT molecular complexity index is 392. The van der Waals surface area contributed by atoms with Crippen molar-refractivity contribution in [1.29, 1.82) is 0 Å². The Morgan fingerprint density at radius 1 is 1.15 bits per heavy atom. The highest BCUT2D eigenvalue weighted by Crippen LogP contribution is 2.01. The number of benzene rings is 1. The monoisotopic (exact) mass is 277 g/mol. The van der Waals surface area contributed by atoms with E-state index in [1.165, 1.54) is 5.56 Å². The van der Waals surface area contributed by atoms with Crippen LogP contribution < -0.4 is 16.4 Å². The molecule has 2 atom stereocenters. The fraction of sp³-hybridized carbons (Fsp3) is 0.562. The number of hydrogen-bond donors (Lipinski definition) is 3. The molecular formula is C16H27N3O. The van der Waals surface area contributed by atoms with Gasteiger partial charge >= 0.3 is 0 Å². The fourth-order valence-corrected chi connectivity index (χ4v) is 1.87. The summed E-state index contributed by atoms with van der Waals surface area (Å²) in [5.74, 6) is 0.497. The SMILES string of the molecule is CC(C)CNC(=O)[C@H](C)NCC(N)Cc1ccccc1. The second kappa shape index (κ2) is 8.72. The number of hydrogen-bond acceptors (Lipinski definition) is 3. The van der Waals surface area contributed by atoms with E-state index < -0.39 is 0 Å². The van der Waals surface area contributed by atoms with E-state index >= 15 is 0 Å². The van der Waals surface area contributed by atoms with Gasteiger partial charge in [-0.1, -0.05) is 44.2 Å². The van der Waals surface area contributed by atoms with Crippen molar-refractivity contribution in [3.8, 4) is 0 Å². The van der Waals surface area contributed by atoms with E-state index in [2.05, 4.69) is 36.6 Å². The van der Waals surface area contributed by atoms with Crippen LogP contribution in [0.2, 0.25) is 0 Å². The maximum absolute atomic E-state index is 11.8. The lowest BCUT2D eigenvalue weighted by Crippen LogP contribution is -2.47. The molecular weight excluding hydrogens is 250 g/mol. The topological polar surface area (TPSA) is 67.2 Å². The molecule has 0 saturated heterocycles. The number of nitrogens with two attached hydrogens (primary N) is 1. The Morgan fingerprint density at radius 2 is 1.80 bits per heavy atom. The Hall–Kier alpha value is -1.39. The van der Waals surface area contributed by atoms with E-state index in [9.17, 15) is 4.79 Å². The van der Waals surface area contributed by atoms with Gasteiger partial charge < -0.3 is 16.4 Å². The van der Waals surface area contributed by atoms with Crippen molar-refractivity contribution in [3.05, 3.63) is 35.9 Å². The maximum Gasteiger partial charge on any atom is 0.236 e. The summed E-state index contributed by atoms with van der Waals surface area (Å²) < 4.78 is 0. The van der Waals surface area contributed by atoms with Crippen LogP contribution in [0.25, 0.3) is 0 Å². The van der Waals surface area contributed by atoms with Crippen LogP contribution in [0.3, 0.4) is 0 Å². The summed E-state index contributed by atoms with van der Waals surface area (Å²) in [6.07, 6.45) is 0.814. The zero-order chi connectivity index (χ0) is 15.0. The van der Waals surface area contributed by atoms with Gasteiger partial charge in [0.15, 0.2) is 0 Å². The van der Waals surface area contributed by atoms with Gasteiger partial charge in [0.25, 0.3) is 0 Å². The van der Waals surface area contributed by atoms with Gasteiger partial charge in [-0.2, -0.15) is 0 Å². The van der Waals surface area contributed by atoms with Crippen molar-refractivity contribution in [2.45, 2.75) is 39.3 Å². The molecule has 0 aliphatic rings. The van der Waals surface area contributed by atoms with Crippen LogP contribution in [-0.4, -0.2) is 31.1 Å². The summed E-state index contributed by atoms with van der Waals surface area (Å²) in [6, 6.07) is 9.95. The number of carbonyl (C=O) groups excluding carboxylic acids is 1. The number of carbonyl (C=O) groups is 1. The average Bonchev–Trinajstić information content (AvgIpc) is 2.43. The third-order valence-corrected chi connectivity index (χ3v) is 3.10. The molecule has 4 nitrogen and oxygen atoms in total. The van der Waals surface area contributed by atoms with Gasteiger partial charge in [0, 0.05) is 19.1 Å². The van der Waals surface area contributed by atoms with Gasteiger partial charge in [0.1, 0.15) is 0 Å². The molecule has 0 aliphatic carbocycles. The molecule has 0 heterocycles. The van der Waals surface area contributed by atoms with Crippen LogP contribution in [0.15, 0.2) is 30.3 Å². The molecule has 1 amide bonds. The molecule has 112 valence electrons. The summed E-state index contributed by atoms with van der Waals surface area (Å²) >= 11 is 0. The smallest absolute Gasteiger partial charge is 0.236 e. The predicted molar refractivity (Wildman–Crippen MR) is 83.4 cm³/mol. The first-order valence-electron chi connectivity index (χ1n) is 7.29. The first-order chi connectivity index (χ1) is 9.49. The molecule has 1 aromatic rings. The Morgan fingerprint density at radius 3 is 2.40 bits per heavy atom. The van der Waals surface area contributed by atoms with Crippen LogP contribution in [0.4, 0.5) is 0 Å². The summed E-state index contributed by atoms with van der Waals surface area (Å²) in [5.41, 5.74) is 7.30. The molecule has 1 unspecified atom stereocenters. The average molecular weight is 277 g/mol. The van der Waals surface area contributed by atoms with E-state index in [4.69, 9.17) is 5.73 Å². The van der Waals surface area contributed by atoms with Crippen LogP contribution in [-0.2, 0) is 11.2 Å². The van der Waals surface area contributed by atoms with E-state index in [0.29, 0.717) is 19.0 Å². The molecule has 0 saturated carbocycles. The Kier molecular flexibility index (Phi) is 7.26. The standard InChI is InChI=1S/C16H27N3O/c1-12(2)10-19-16(20)13(3)18-11-15(17)9-14-7-5-4-6-8-14/h4-8,12-13,15,18H,9-11,17H2,1-3H3,(H,19,20)/t13-,15?/m0/s1. The molecule has 20 heavy (non-hydrogen) atoms. The summed E-state index contributed by atoms with van der Waals surface area (Å²) in [6.45, 7) is 7.36. The first-order valence-corrected chi connectivity index (χ1v) is 7.29. The lowest BCUT2D eigenvalue weighted by atomic mass is 10.1. The highest BCUT2D eigenvalue weighted by Gasteiger charge is 2.13. The van der Waals surface area contributed by atoms with Crippen molar-refractivity contribution in [1.82, 2.24) is 10.6 Å². The molecule has 0 aliphatic heterocycles. The lowest BCUT2D eigenvalue weighted by Gasteiger charge is -2.18. The minimum atomic E-state index is -0.212. The van der Waals surface area contributed by atoms with Gasteiger partial charge in [-0.15, -0.1) is 0 Å². The minimum Gasteiger partial charge on any atom is -0.354 e. The zero-order valence-electron chi connectivity index (χ0n) is 12.7. The van der Waals surface area contributed by atoms with Crippen LogP contribution in [0.1, 0.15) is 26.3 Å². The summed E-state index contributed by atoms with van der Waals surface area (Å²) in [4.78, 5) is 11.8. The van der Waals surface area contributed by atoms with Crippen molar-refractivity contribution >= 4 is 5.91 Å². The fourth-order valence-electron chi connectivity index (χ4n) is 1.87. The van der Waals surface area contributed by atoms with Crippen molar-refractivity contribution in [3.63, 3.8) is 0 Å². The minimum absolute atomic E-state index is 0.0118. The second-order valence-corrected chi connectivity index (χ2v) is 5.72. The van der Waals surface area contributed by atoms with Crippen LogP contribution >= 0.6 is 0 Å². The van der Waals surface area contributed by atoms with Gasteiger partial charge in [-0.25, -0.2) is 0 Å². The summed E-state index contributed by atoms with van der Waals surface area (Å²) in [5, 5.41) is 6.10. The third kappa shape index (κ3) is 6.68. The van der Waals surface area contributed by atoms with Crippen molar-refractivity contribution in [2.75, 3.05) is 13.1 Å². The number of nitrogens with one attached hydrogen (secondary N) is 2. The molecule has 1 aromatic carbocycles. The van der Waals surface area contributed by atoms with Gasteiger partial charge in [0.2, 0.25) is 5.91 Å². The number of rotatable bonds is 8. The quantitative estimate of drug-likeness (QED) is 0.671. The van der Waals surface area contributed by atoms with Crippen LogP contribution in [0.5, 0.6) is 0 Å².